The zero-order valence-corrected chi connectivity index (χ0v) is 12.7. The lowest BCUT2D eigenvalue weighted by Crippen LogP contribution is -2.46. The quantitative estimate of drug-likeness (QED) is 0.729. The van der Waals surface area contributed by atoms with E-state index < -0.39 is 0 Å². The maximum atomic E-state index is 3.74. The van der Waals surface area contributed by atoms with E-state index in [1.807, 2.05) is 0 Å². The molecule has 0 aromatic heterocycles. The molecule has 0 bridgehead atoms. The van der Waals surface area contributed by atoms with Crippen molar-refractivity contribution in [2.45, 2.75) is 85.1 Å². The first-order chi connectivity index (χ1) is 7.87. The number of hydrogen-bond donors (Lipinski definition) is 1. The Labute approximate surface area is 109 Å². The summed E-state index contributed by atoms with van der Waals surface area (Å²) in [5, 5.41) is 3.74. The lowest BCUT2D eigenvalue weighted by Gasteiger charge is -2.42. The van der Waals surface area contributed by atoms with Crippen molar-refractivity contribution in [1.29, 1.82) is 0 Å². The molecule has 17 heavy (non-hydrogen) atoms. The SMILES string of the molecule is CCCC(C)(CNC(C)(C)C)C1CCCCC1. The Morgan fingerprint density at radius 3 is 2.06 bits per heavy atom. The molecule has 1 nitrogen and oxygen atoms in total. The van der Waals surface area contributed by atoms with Crippen LogP contribution in [-0.4, -0.2) is 12.1 Å². The van der Waals surface area contributed by atoms with Crippen molar-refractivity contribution >= 4 is 0 Å². The van der Waals surface area contributed by atoms with Gasteiger partial charge in [-0.15, -0.1) is 0 Å². The molecule has 0 aromatic carbocycles. The summed E-state index contributed by atoms with van der Waals surface area (Å²) in [4.78, 5) is 0. The zero-order chi connectivity index (χ0) is 12.9. The highest BCUT2D eigenvalue weighted by Crippen LogP contribution is 2.41. The molecule has 1 N–H and O–H groups in total. The first kappa shape index (κ1) is 15.0. The Hall–Kier alpha value is -0.0400. The van der Waals surface area contributed by atoms with Crippen LogP contribution >= 0.6 is 0 Å². The second kappa shape index (κ2) is 6.22. The molecule has 0 aliphatic heterocycles. The topological polar surface area (TPSA) is 12.0 Å². The van der Waals surface area contributed by atoms with Crippen LogP contribution < -0.4 is 5.32 Å². The molecule has 1 fully saturated rings. The van der Waals surface area contributed by atoms with Crippen molar-refractivity contribution in [3.05, 3.63) is 0 Å². The fourth-order valence-corrected chi connectivity index (χ4v) is 3.27. The molecule has 1 aliphatic carbocycles. The third-order valence-corrected chi connectivity index (χ3v) is 4.43. The minimum atomic E-state index is 0.254. The van der Waals surface area contributed by atoms with Gasteiger partial charge in [-0.1, -0.05) is 39.5 Å². The van der Waals surface area contributed by atoms with Gasteiger partial charge in [0.2, 0.25) is 0 Å². The Balaban J connectivity index is 2.59. The van der Waals surface area contributed by atoms with Gasteiger partial charge >= 0.3 is 0 Å². The normalized spacial score (nSPS) is 22.4. The van der Waals surface area contributed by atoms with Gasteiger partial charge in [0.25, 0.3) is 0 Å². The largest absolute Gasteiger partial charge is 0.312 e. The second-order valence-electron chi connectivity index (χ2n) is 7.34. The Morgan fingerprint density at radius 1 is 1.00 bits per heavy atom. The van der Waals surface area contributed by atoms with Gasteiger partial charge in [0.1, 0.15) is 0 Å². The van der Waals surface area contributed by atoms with Gasteiger partial charge in [-0.25, -0.2) is 0 Å². The van der Waals surface area contributed by atoms with E-state index in [-0.39, 0.29) is 5.54 Å². The maximum Gasteiger partial charge on any atom is 0.00967 e. The molecule has 1 aliphatic rings. The molecule has 1 atom stereocenters. The number of rotatable bonds is 5. The van der Waals surface area contributed by atoms with Gasteiger partial charge in [0.05, 0.1) is 0 Å². The van der Waals surface area contributed by atoms with Crippen LogP contribution in [0.1, 0.15) is 79.6 Å². The standard InChI is InChI=1S/C16H33N/c1-6-12-16(5,13-17-15(2,3)4)14-10-8-7-9-11-14/h14,17H,6-13H2,1-5H3. The van der Waals surface area contributed by atoms with Gasteiger partial charge in [-0.2, -0.15) is 0 Å². The van der Waals surface area contributed by atoms with E-state index in [2.05, 4.69) is 39.9 Å². The smallest absolute Gasteiger partial charge is 0.00967 e. The van der Waals surface area contributed by atoms with Gasteiger partial charge in [-0.05, 0) is 51.4 Å². The summed E-state index contributed by atoms with van der Waals surface area (Å²) in [5.74, 6) is 0.950. The fraction of sp³-hybridized carbons (Fsp3) is 1.00. The molecule has 102 valence electrons. The van der Waals surface area contributed by atoms with Crippen LogP contribution in [0.3, 0.4) is 0 Å². The molecular weight excluding hydrogens is 206 g/mol. The maximum absolute atomic E-state index is 3.74. The summed E-state index contributed by atoms with van der Waals surface area (Å²) in [5.41, 5.74) is 0.770. The predicted molar refractivity (Wildman–Crippen MR) is 77.3 cm³/mol. The lowest BCUT2D eigenvalue weighted by molar-refractivity contribution is 0.111. The molecule has 1 unspecified atom stereocenters. The summed E-state index contributed by atoms with van der Waals surface area (Å²) in [7, 11) is 0. The molecule has 0 spiro atoms. The number of nitrogens with one attached hydrogen (secondary N) is 1. The van der Waals surface area contributed by atoms with Crippen molar-refractivity contribution in [1.82, 2.24) is 5.32 Å². The van der Waals surface area contributed by atoms with Crippen LogP contribution in [0.4, 0.5) is 0 Å². The van der Waals surface area contributed by atoms with Crippen LogP contribution in [0, 0.1) is 11.3 Å². The molecule has 1 saturated carbocycles. The minimum Gasteiger partial charge on any atom is -0.312 e. The highest BCUT2D eigenvalue weighted by Gasteiger charge is 2.34. The average Bonchev–Trinajstić information content (AvgIpc) is 2.27. The van der Waals surface area contributed by atoms with Crippen LogP contribution in [0.5, 0.6) is 0 Å². The molecule has 1 heteroatoms. The van der Waals surface area contributed by atoms with E-state index in [1.54, 1.807) is 0 Å². The molecule has 0 radical (unpaired) electrons. The van der Waals surface area contributed by atoms with Crippen LogP contribution in [0.25, 0.3) is 0 Å². The lowest BCUT2D eigenvalue weighted by atomic mass is 9.67. The van der Waals surface area contributed by atoms with Crippen molar-refractivity contribution in [3.63, 3.8) is 0 Å². The third-order valence-electron chi connectivity index (χ3n) is 4.43. The highest BCUT2D eigenvalue weighted by molar-refractivity contribution is 4.88. The first-order valence-corrected chi connectivity index (χ1v) is 7.62. The minimum absolute atomic E-state index is 0.254. The van der Waals surface area contributed by atoms with E-state index in [9.17, 15) is 0 Å². The summed E-state index contributed by atoms with van der Waals surface area (Å²) < 4.78 is 0. The molecule has 0 aromatic rings. The van der Waals surface area contributed by atoms with Crippen LogP contribution in [0.15, 0.2) is 0 Å². The molecule has 0 saturated heterocycles. The van der Waals surface area contributed by atoms with E-state index >= 15 is 0 Å². The Kier molecular flexibility index (Phi) is 5.50. The molecule has 0 amide bonds. The van der Waals surface area contributed by atoms with Gasteiger partial charge < -0.3 is 5.32 Å². The van der Waals surface area contributed by atoms with Crippen molar-refractivity contribution in [2.24, 2.45) is 11.3 Å². The van der Waals surface area contributed by atoms with Crippen molar-refractivity contribution in [2.75, 3.05) is 6.54 Å². The van der Waals surface area contributed by atoms with Crippen molar-refractivity contribution < 1.29 is 0 Å². The molecule has 0 heterocycles. The second-order valence-corrected chi connectivity index (χ2v) is 7.34. The van der Waals surface area contributed by atoms with Crippen LogP contribution in [0.2, 0.25) is 0 Å². The van der Waals surface area contributed by atoms with E-state index in [0.717, 1.165) is 5.92 Å². The fourth-order valence-electron chi connectivity index (χ4n) is 3.27. The predicted octanol–water partition coefficient (Wildman–Crippen LogP) is 4.76. The van der Waals surface area contributed by atoms with Crippen LogP contribution in [-0.2, 0) is 0 Å². The third kappa shape index (κ3) is 4.99. The average molecular weight is 239 g/mol. The summed E-state index contributed by atoms with van der Waals surface area (Å²) in [6.45, 7) is 12.9. The molecular formula is C16H33N. The number of hydrogen-bond acceptors (Lipinski definition) is 1. The summed E-state index contributed by atoms with van der Waals surface area (Å²) in [6, 6.07) is 0. The van der Waals surface area contributed by atoms with E-state index in [0.29, 0.717) is 5.41 Å². The van der Waals surface area contributed by atoms with E-state index in [4.69, 9.17) is 0 Å². The first-order valence-electron chi connectivity index (χ1n) is 7.62. The Bertz CT molecular complexity index is 210. The summed E-state index contributed by atoms with van der Waals surface area (Å²) in [6.07, 6.45) is 9.99. The van der Waals surface area contributed by atoms with Crippen molar-refractivity contribution in [3.8, 4) is 0 Å². The van der Waals surface area contributed by atoms with E-state index in [1.165, 1.54) is 51.5 Å². The van der Waals surface area contributed by atoms with Gasteiger partial charge in [0.15, 0.2) is 0 Å². The zero-order valence-electron chi connectivity index (χ0n) is 12.7. The molecule has 1 rings (SSSR count). The van der Waals surface area contributed by atoms with Gasteiger partial charge in [-0.3, -0.25) is 0 Å². The summed E-state index contributed by atoms with van der Waals surface area (Å²) >= 11 is 0. The Morgan fingerprint density at radius 2 is 1.59 bits per heavy atom. The monoisotopic (exact) mass is 239 g/mol. The highest BCUT2D eigenvalue weighted by atomic mass is 15.0. The van der Waals surface area contributed by atoms with Gasteiger partial charge in [0, 0.05) is 12.1 Å².